The topological polar surface area (TPSA) is 56.8 Å². The van der Waals surface area contributed by atoms with Gasteiger partial charge in [-0.2, -0.15) is 0 Å². The third kappa shape index (κ3) is 7.04. The first-order chi connectivity index (χ1) is 14.5. The monoisotopic (exact) mass is 412 g/mol. The van der Waals surface area contributed by atoms with Crippen molar-refractivity contribution in [3.63, 3.8) is 0 Å². The number of likely N-dealkylation sites (N-methyl/N-ethyl adjacent to an activating group) is 1. The average molecular weight is 413 g/mol. The van der Waals surface area contributed by atoms with Crippen LogP contribution in [0.2, 0.25) is 0 Å². The molecule has 2 amide bonds. The van der Waals surface area contributed by atoms with Gasteiger partial charge in [0.05, 0.1) is 13.2 Å². The minimum atomic E-state index is -0.159. The molecule has 0 saturated heterocycles. The summed E-state index contributed by atoms with van der Waals surface area (Å²) in [5, 5.41) is 6.02. The van der Waals surface area contributed by atoms with Gasteiger partial charge in [0.15, 0.2) is 0 Å². The lowest BCUT2D eigenvalue weighted by atomic mass is 10.1. The van der Waals surface area contributed by atoms with Crippen molar-refractivity contribution in [1.82, 2.24) is 20.4 Å². The Hall–Kier alpha value is -2.57. The summed E-state index contributed by atoms with van der Waals surface area (Å²) in [7, 11) is 5.68. The van der Waals surface area contributed by atoms with Crippen molar-refractivity contribution in [3.8, 4) is 5.75 Å². The lowest BCUT2D eigenvalue weighted by molar-refractivity contribution is 0.232. The van der Waals surface area contributed by atoms with Gasteiger partial charge in [0.1, 0.15) is 5.75 Å². The highest BCUT2D eigenvalue weighted by molar-refractivity contribution is 5.73. The number of hydrogen-bond acceptors (Lipinski definition) is 4. The maximum atomic E-state index is 12.4. The standard InChI is InChI=1S/C24H36N4O2/c1-6-28(7-2)18-21-11-9-8-10-20(21)16-25-24(29)26-17-23(27(3)4)19-12-14-22(30-5)15-13-19/h8-15,23H,6-7,16-18H2,1-5H3,(H2,25,26,29). The van der Waals surface area contributed by atoms with Gasteiger partial charge in [-0.3, -0.25) is 4.90 Å². The fourth-order valence-corrected chi connectivity index (χ4v) is 3.42. The highest BCUT2D eigenvalue weighted by Crippen LogP contribution is 2.20. The maximum Gasteiger partial charge on any atom is 0.315 e. The predicted octanol–water partition coefficient (Wildman–Crippen LogP) is 3.64. The molecular formula is C24H36N4O2. The summed E-state index contributed by atoms with van der Waals surface area (Å²) in [6.07, 6.45) is 0. The smallest absolute Gasteiger partial charge is 0.315 e. The number of hydrogen-bond donors (Lipinski definition) is 2. The van der Waals surface area contributed by atoms with E-state index in [4.69, 9.17) is 4.74 Å². The molecule has 164 valence electrons. The summed E-state index contributed by atoms with van der Waals surface area (Å²) >= 11 is 0. The molecule has 0 aliphatic heterocycles. The first kappa shape index (κ1) is 23.7. The van der Waals surface area contributed by atoms with Crippen LogP contribution in [-0.4, -0.2) is 56.7 Å². The van der Waals surface area contributed by atoms with Gasteiger partial charge in [0.2, 0.25) is 0 Å². The number of ether oxygens (including phenoxy) is 1. The molecule has 6 heteroatoms. The van der Waals surface area contributed by atoms with Crippen LogP contribution in [0.3, 0.4) is 0 Å². The third-order valence-electron chi connectivity index (χ3n) is 5.43. The summed E-state index contributed by atoms with van der Waals surface area (Å²) in [6, 6.07) is 16.2. The number of methoxy groups -OCH3 is 1. The van der Waals surface area contributed by atoms with Gasteiger partial charge in [-0.05, 0) is 56.0 Å². The average Bonchev–Trinajstić information content (AvgIpc) is 2.77. The zero-order valence-corrected chi connectivity index (χ0v) is 18.9. The molecule has 0 heterocycles. The van der Waals surface area contributed by atoms with Crippen LogP contribution < -0.4 is 15.4 Å². The molecular weight excluding hydrogens is 376 g/mol. The molecule has 2 aromatic carbocycles. The van der Waals surface area contributed by atoms with Crippen LogP contribution in [0.15, 0.2) is 48.5 Å². The van der Waals surface area contributed by atoms with Crippen molar-refractivity contribution < 1.29 is 9.53 Å². The van der Waals surface area contributed by atoms with Gasteiger partial charge in [0, 0.05) is 19.6 Å². The van der Waals surface area contributed by atoms with Gasteiger partial charge in [-0.25, -0.2) is 4.79 Å². The Morgan fingerprint density at radius 3 is 2.17 bits per heavy atom. The number of urea groups is 1. The van der Waals surface area contributed by atoms with Crippen molar-refractivity contribution in [2.45, 2.75) is 33.0 Å². The maximum absolute atomic E-state index is 12.4. The second-order valence-electron chi connectivity index (χ2n) is 7.55. The largest absolute Gasteiger partial charge is 0.497 e. The number of rotatable bonds is 11. The molecule has 2 rings (SSSR count). The molecule has 0 saturated carbocycles. The van der Waals surface area contributed by atoms with Crippen LogP contribution in [0.1, 0.15) is 36.6 Å². The molecule has 0 bridgehead atoms. The SMILES string of the molecule is CCN(CC)Cc1ccccc1CNC(=O)NCC(c1ccc(OC)cc1)N(C)C. The van der Waals surface area contributed by atoms with Gasteiger partial charge in [0.25, 0.3) is 0 Å². The van der Waals surface area contributed by atoms with Crippen LogP contribution in [0, 0.1) is 0 Å². The molecule has 0 aromatic heterocycles. The Kier molecular flexibility index (Phi) is 9.64. The van der Waals surface area contributed by atoms with Crippen molar-refractivity contribution in [3.05, 3.63) is 65.2 Å². The fourth-order valence-electron chi connectivity index (χ4n) is 3.42. The number of amides is 2. The molecule has 0 radical (unpaired) electrons. The Morgan fingerprint density at radius 2 is 1.60 bits per heavy atom. The van der Waals surface area contributed by atoms with Crippen molar-refractivity contribution in [2.24, 2.45) is 0 Å². The number of nitrogens with zero attached hydrogens (tertiary/aromatic N) is 2. The zero-order valence-electron chi connectivity index (χ0n) is 18.9. The van der Waals surface area contributed by atoms with E-state index in [1.807, 2.05) is 44.4 Å². The van der Waals surface area contributed by atoms with Crippen LogP contribution in [0.25, 0.3) is 0 Å². The second kappa shape index (κ2) is 12.2. The number of carbonyl (C=O) groups excluding carboxylic acids is 1. The van der Waals surface area contributed by atoms with E-state index in [9.17, 15) is 4.79 Å². The van der Waals surface area contributed by atoms with Crippen LogP contribution in [-0.2, 0) is 13.1 Å². The van der Waals surface area contributed by atoms with E-state index in [-0.39, 0.29) is 12.1 Å². The molecule has 0 fully saturated rings. The van der Waals surface area contributed by atoms with E-state index in [2.05, 4.69) is 52.5 Å². The zero-order chi connectivity index (χ0) is 21.9. The summed E-state index contributed by atoms with van der Waals surface area (Å²) in [5.41, 5.74) is 3.54. The molecule has 1 atom stereocenters. The van der Waals surface area contributed by atoms with Crippen LogP contribution >= 0.6 is 0 Å². The van der Waals surface area contributed by atoms with Crippen molar-refractivity contribution in [1.29, 1.82) is 0 Å². The first-order valence-electron chi connectivity index (χ1n) is 10.6. The van der Waals surface area contributed by atoms with Crippen molar-refractivity contribution >= 4 is 6.03 Å². The van der Waals surface area contributed by atoms with Crippen LogP contribution in [0.4, 0.5) is 4.79 Å². The second-order valence-corrected chi connectivity index (χ2v) is 7.55. The number of carbonyl (C=O) groups is 1. The summed E-state index contributed by atoms with van der Waals surface area (Å²) in [4.78, 5) is 16.9. The molecule has 0 aliphatic rings. The van der Waals surface area contributed by atoms with E-state index in [1.54, 1.807) is 7.11 Å². The predicted molar refractivity (Wildman–Crippen MR) is 123 cm³/mol. The van der Waals surface area contributed by atoms with E-state index in [0.717, 1.165) is 36.5 Å². The number of nitrogens with one attached hydrogen (secondary N) is 2. The Balaban J connectivity index is 1.92. The lowest BCUT2D eigenvalue weighted by Gasteiger charge is -2.25. The van der Waals surface area contributed by atoms with E-state index in [1.165, 1.54) is 5.56 Å². The molecule has 1 unspecified atom stereocenters. The van der Waals surface area contributed by atoms with Crippen LogP contribution in [0.5, 0.6) is 5.75 Å². The summed E-state index contributed by atoms with van der Waals surface area (Å²) in [5.74, 6) is 0.824. The summed E-state index contributed by atoms with van der Waals surface area (Å²) in [6.45, 7) is 8.28. The molecule has 0 spiro atoms. The minimum Gasteiger partial charge on any atom is -0.497 e. The quantitative estimate of drug-likeness (QED) is 0.592. The molecule has 6 nitrogen and oxygen atoms in total. The van der Waals surface area contributed by atoms with Gasteiger partial charge in [-0.1, -0.05) is 50.2 Å². The normalized spacial score (nSPS) is 12.1. The van der Waals surface area contributed by atoms with Crippen molar-refractivity contribution in [2.75, 3.05) is 40.8 Å². The minimum absolute atomic E-state index is 0.0802. The van der Waals surface area contributed by atoms with Gasteiger partial charge >= 0.3 is 6.03 Å². The number of benzene rings is 2. The van der Waals surface area contributed by atoms with Gasteiger partial charge in [-0.15, -0.1) is 0 Å². The lowest BCUT2D eigenvalue weighted by Crippen LogP contribution is -2.40. The van der Waals surface area contributed by atoms with E-state index < -0.39 is 0 Å². The van der Waals surface area contributed by atoms with E-state index >= 15 is 0 Å². The summed E-state index contributed by atoms with van der Waals surface area (Å²) < 4.78 is 5.23. The molecule has 2 aromatic rings. The third-order valence-corrected chi connectivity index (χ3v) is 5.43. The molecule has 0 aliphatic carbocycles. The van der Waals surface area contributed by atoms with E-state index in [0.29, 0.717) is 13.1 Å². The first-order valence-corrected chi connectivity index (χ1v) is 10.6. The Morgan fingerprint density at radius 1 is 0.967 bits per heavy atom. The Labute approximate surface area is 181 Å². The molecule has 2 N–H and O–H groups in total. The Bertz CT molecular complexity index is 773. The highest BCUT2D eigenvalue weighted by atomic mass is 16.5. The molecule has 30 heavy (non-hydrogen) atoms. The highest BCUT2D eigenvalue weighted by Gasteiger charge is 2.15. The van der Waals surface area contributed by atoms with Gasteiger partial charge < -0.3 is 20.3 Å². The fraction of sp³-hybridized carbons (Fsp3) is 0.458.